The molecule has 24 heavy (non-hydrogen) atoms. The third-order valence-corrected chi connectivity index (χ3v) is 0. The molecule has 0 bridgehead atoms. The van der Waals surface area contributed by atoms with Crippen LogP contribution in [0.1, 0.15) is 151 Å². The summed E-state index contributed by atoms with van der Waals surface area (Å²) in [7, 11) is 0. The van der Waals surface area contributed by atoms with Crippen molar-refractivity contribution in [2.45, 2.75) is 151 Å². The van der Waals surface area contributed by atoms with Crippen molar-refractivity contribution in [3.05, 3.63) is 7.43 Å². The third kappa shape index (κ3) is 2470. The second kappa shape index (κ2) is 2800. The zero-order chi connectivity index (χ0) is 10.0. The van der Waals surface area contributed by atoms with Crippen LogP contribution in [-0.4, -0.2) is 0 Å². The number of hydrogen-bond donors (Lipinski definition) is 0. The Morgan fingerprint density at radius 2 is 0.250 bits per heavy atom. The van der Waals surface area contributed by atoms with E-state index in [-0.39, 0.29) is 158 Å². The molecule has 0 aromatic rings. The summed E-state index contributed by atoms with van der Waals surface area (Å²) in [4.78, 5) is 0. The third-order valence-electron chi connectivity index (χ3n) is 0. The Morgan fingerprint density at radius 1 is 0.250 bits per heavy atom. The van der Waals surface area contributed by atoms with Gasteiger partial charge in [0.15, 0.2) is 0 Å². The summed E-state index contributed by atoms with van der Waals surface area (Å²) in [5.74, 6) is 0. The number of hydrogen-bond acceptors (Lipinski definition) is 0. The van der Waals surface area contributed by atoms with Crippen molar-refractivity contribution in [1.82, 2.24) is 0 Å². The largest absolute Gasteiger partial charge is 0.358 e. The maximum atomic E-state index is 2.00. The first-order chi connectivity index (χ1) is 5.00. The predicted molar refractivity (Wildman–Crippen MR) is 137 cm³/mol. The smallest absolute Gasteiger partial charge is 0 e. The van der Waals surface area contributed by atoms with Gasteiger partial charge in [0.1, 0.15) is 0 Å². The van der Waals surface area contributed by atoms with Gasteiger partial charge in [0.25, 0.3) is 0 Å². The molecule has 0 saturated heterocycles. The van der Waals surface area contributed by atoms with E-state index in [1.807, 2.05) is 69.2 Å². The van der Waals surface area contributed by atoms with Crippen LogP contribution in [-0.2, 0) is 0 Å². The molecule has 0 atom stereocenters. The number of rotatable bonds is 0. The minimum Gasteiger partial charge on any atom is -0.358 e. The summed E-state index contributed by atoms with van der Waals surface area (Å²) in [6.07, 6.45) is 0. The van der Waals surface area contributed by atoms with Crippen LogP contribution in [0.25, 0.3) is 0 Å². The Labute approximate surface area is 224 Å². The maximum absolute atomic E-state index is 2.00. The van der Waals surface area contributed by atoms with Crippen molar-refractivity contribution in [2.24, 2.45) is 0 Å². The van der Waals surface area contributed by atoms with E-state index in [1.165, 1.54) is 0 Å². The molecule has 0 fully saturated rings. The Morgan fingerprint density at radius 3 is 0.250 bits per heavy atom. The van der Waals surface area contributed by atoms with Crippen molar-refractivity contribution in [1.29, 1.82) is 0 Å². The van der Waals surface area contributed by atoms with Crippen LogP contribution in [0.4, 0.5) is 0 Å². The Hall–Kier alpha value is 2.31. The van der Waals surface area contributed by atoms with Crippen molar-refractivity contribution in [2.75, 3.05) is 0 Å². The predicted octanol–water partition coefficient (Wildman–Crippen LogP) is 12.6. The van der Waals surface area contributed by atoms with E-state index in [9.17, 15) is 0 Å². The van der Waals surface area contributed by atoms with Gasteiger partial charge in [-0.05, 0) is 0 Å². The van der Waals surface area contributed by atoms with Gasteiger partial charge in [-0.2, -0.15) is 0 Å². The summed E-state index contributed by atoms with van der Waals surface area (Å²) in [6.45, 7) is 20.0. The molecule has 0 aromatic heterocycles. The van der Waals surface area contributed by atoms with Crippen molar-refractivity contribution in [3.63, 3.8) is 0 Å². The van der Waals surface area contributed by atoms with E-state index in [0.29, 0.717) is 0 Å². The van der Waals surface area contributed by atoms with Crippen LogP contribution >= 0.6 is 0 Å². The van der Waals surface area contributed by atoms with E-state index >= 15 is 0 Å². The fourth-order valence-corrected chi connectivity index (χ4v) is 0. The second-order valence-corrected chi connectivity index (χ2v) is 0. The Balaban J connectivity index is -0.000000000668. The summed E-state index contributed by atoms with van der Waals surface area (Å²) >= 11 is 0. The fraction of sp³-hybridized carbons (Fsp3) is 0.955. The van der Waals surface area contributed by atoms with Crippen molar-refractivity contribution >= 4 is 0 Å². The molecule has 0 N–H and O–H groups in total. The molecule has 0 radical (unpaired) electrons. The van der Waals surface area contributed by atoms with E-state index in [1.54, 1.807) is 0 Å². The van der Waals surface area contributed by atoms with E-state index in [4.69, 9.17) is 0 Å². The SMILES string of the molecule is C.C.C.C.C.C.C.C.C.C.C.CC.CC.CC.CC.CC.[Ar].[CH3-].[U]. The van der Waals surface area contributed by atoms with Gasteiger partial charge in [0, 0.05) is 68.9 Å². The molecule has 0 aliphatic rings. The van der Waals surface area contributed by atoms with Gasteiger partial charge in [-0.3, -0.25) is 0 Å². The molecule has 178 valence electrons. The molecular weight excluding hydrogens is 542 g/mol. The van der Waals surface area contributed by atoms with Crippen molar-refractivity contribution in [3.8, 4) is 0 Å². The van der Waals surface area contributed by atoms with Crippen LogP contribution in [0.3, 0.4) is 0 Å². The fourth-order valence-electron chi connectivity index (χ4n) is 0. The summed E-state index contributed by atoms with van der Waals surface area (Å²) < 4.78 is 0. The van der Waals surface area contributed by atoms with Gasteiger partial charge in [0.05, 0.1) is 0 Å². The van der Waals surface area contributed by atoms with Crippen LogP contribution in [0.15, 0.2) is 0 Å². The van der Waals surface area contributed by atoms with E-state index in [0.717, 1.165) is 0 Å². The summed E-state index contributed by atoms with van der Waals surface area (Å²) in [6, 6.07) is 0. The standard InChI is InChI=1S/5C2H6.11CH4.CH3.Ar.U/c5*1-2;;;;;;;;;;;;;;/h5*1-2H3;11*1H4;1H3;;/q;;;;;;;;;;;;;;;;-1;;. The molecule has 0 aromatic carbocycles. The molecule has 0 rings (SSSR count). The van der Waals surface area contributed by atoms with Crippen molar-refractivity contribution < 1.29 is 68.9 Å². The molecule has 0 amide bonds. The normalized spacial score (nSPS) is 1.25. The van der Waals surface area contributed by atoms with Crippen LogP contribution in [0.2, 0.25) is 0 Å². The van der Waals surface area contributed by atoms with Gasteiger partial charge in [-0.15, -0.1) is 0 Å². The molecular formula is C22H77ArU-. The van der Waals surface area contributed by atoms with Gasteiger partial charge in [-0.1, -0.05) is 151 Å². The zero-order valence-corrected chi connectivity index (χ0v) is 16.7. The average molecular weight is 620 g/mol. The monoisotopic (exact) mass is 620 g/mol. The average Bonchev–Trinajstić information content (AvgIpc) is 2.20. The molecule has 0 saturated carbocycles. The van der Waals surface area contributed by atoms with Crippen LogP contribution in [0, 0.1) is 76.3 Å². The van der Waals surface area contributed by atoms with Gasteiger partial charge in [-0.25, -0.2) is 0 Å². The van der Waals surface area contributed by atoms with Gasteiger partial charge in [0.2, 0.25) is 0 Å². The first-order valence-electron chi connectivity index (χ1n) is 5.00. The minimum absolute atomic E-state index is 0. The minimum atomic E-state index is 0. The second-order valence-electron chi connectivity index (χ2n) is 0. The molecule has 0 aliphatic carbocycles. The molecule has 0 spiro atoms. The van der Waals surface area contributed by atoms with E-state index < -0.39 is 0 Å². The van der Waals surface area contributed by atoms with Gasteiger partial charge >= 0.3 is 0 Å². The molecule has 0 unspecified atom stereocenters. The quantitative estimate of drug-likeness (QED) is 0.237. The Kier molecular flexibility index (Phi) is 36800. The Bertz CT molecular complexity index is 11.9. The first-order valence-corrected chi connectivity index (χ1v) is 5.00. The van der Waals surface area contributed by atoms with Gasteiger partial charge < -0.3 is 7.43 Å². The van der Waals surface area contributed by atoms with E-state index in [2.05, 4.69) is 0 Å². The maximum Gasteiger partial charge on any atom is 0 e. The van der Waals surface area contributed by atoms with Crippen LogP contribution in [0.5, 0.6) is 0 Å². The molecule has 2 heteroatoms. The van der Waals surface area contributed by atoms with Crippen LogP contribution < -0.4 is 0 Å². The zero-order valence-electron chi connectivity index (χ0n) is 11.9. The molecule has 0 nitrogen and oxygen atoms in total. The summed E-state index contributed by atoms with van der Waals surface area (Å²) in [5, 5.41) is 0. The first kappa shape index (κ1) is 315. The summed E-state index contributed by atoms with van der Waals surface area (Å²) in [5.41, 5.74) is 0. The topological polar surface area (TPSA) is 0 Å². The molecule has 0 aliphatic heterocycles. The molecule has 0 heterocycles.